The topological polar surface area (TPSA) is 64.6 Å². The second kappa shape index (κ2) is 10.5. The molecule has 7 heteroatoms. The fraction of sp³-hybridized carbons (Fsp3) is 0.308. The maximum absolute atomic E-state index is 12.7. The Hall–Kier alpha value is -2.64. The van der Waals surface area contributed by atoms with Gasteiger partial charge in [0.25, 0.3) is 5.91 Å². The van der Waals surface area contributed by atoms with E-state index in [0.29, 0.717) is 16.3 Å². The Bertz CT molecular complexity index is 1190. The number of esters is 1. The third-order valence-corrected chi connectivity index (χ3v) is 7.24. The molecule has 0 saturated carbocycles. The van der Waals surface area contributed by atoms with Gasteiger partial charge in [-0.15, -0.1) is 11.3 Å². The molecule has 3 aromatic rings. The maximum Gasteiger partial charge on any atom is 0.341 e. The Labute approximate surface area is 206 Å². The second-order valence-electron chi connectivity index (χ2n) is 7.98. The predicted molar refractivity (Wildman–Crippen MR) is 135 cm³/mol. The number of aryl methyl sites for hydroxylation is 3. The number of carbonyl (C=O) groups is 2. The summed E-state index contributed by atoms with van der Waals surface area (Å²) < 4.78 is 11.8. The van der Waals surface area contributed by atoms with Crippen molar-refractivity contribution in [2.45, 2.75) is 39.0 Å². The molecular weight excluding hydrogens is 502 g/mol. The van der Waals surface area contributed by atoms with Crippen molar-refractivity contribution >= 4 is 44.1 Å². The Morgan fingerprint density at radius 1 is 1.09 bits per heavy atom. The molecule has 33 heavy (non-hydrogen) atoms. The molecule has 0 fully saturated rings. The van der Waals surface area contributed by atoms with Crippen LogP contribution >= 0.6 is 27.3 Å². The highest BCUT2D eigenvalue weighted by atomic mass is 79.9. The minimum atomic E-state index is -0.471. The lowest BCUT2D eigenvalue weighted by atomic mass is 9.89. The first-order chi connectivity index (χ1) is 16.0. The van der Waals surface area contributed by atoms with Crippen LogP contribution in [0.15, 0.2) is 46.3 Å². The summed E-state index contributed by atoms with van der Waals surface area (Å²) in [5, 5.41) is 5.21. The SMILES string of the molecule is CCc1cc(Br)ccc1OCC(=O)Nc1scc(-c2ccc3c(c2)CCCC3)c1C(=O)OC. The number of thiophene rings is 1. The van der Waals surface area contributed by atoms with Crippen molar-refractivity contribution in [3.05, 3.63) is 68.5 Å². The van der Waals surface area contributed by atoms with Gasteiger partial charge in [-0.3, -0.25) is 4.79 Å². The number of fused-ring (bicyclic) bond motifs is 1. The van der Waals surface area contributed by atoms with Crippen LogP contribution < -0.4 is 10.1 Å². The van der Waals surface area contributed by atoms with Crippen molar-refractivity contribution in [2.24, 2.45) is 0 Å². The molecule has 5 nitrogen and oxygen atoms in total. The molecule has 0 spiro atoms. The molecule has 1 aliphatic rings. The molecule has 1 aliphatic carbocycles. The minimum absolute atomic E-state index is 0.151. The minimum Gasteiger partial charge on any atom is -0.483 e. The Kier molecular flexibility index (Phi) is 7.50. The number of halogens is 1. The molecular formula is C26H26BrNO4S. The number of nitrogens with one attached hydrogen (secondary N) is 1. The Balaban J connectivity index is 1.54. The normalized spacial score (nSPS) is 12.7. The lowest BCUT2D eigenvalue weighted by molar-refractivity contribution is -0.118. The van der Waals surface area contributed by atoms with E-state index in [1.54, 1.807) is 0 Å². The molecule has 0 saturated heterocycles. The summed E-state index contributed by atoms with van der Waals surface area (Å²) in [7, 11) is 1.35. The highest BCUT2D eigenvalue weighted by Gasteiger charge is 2.23. The van der Waals surface area contributed by atoms with Crippen molar-refractivity contribution in [1.29, 1.82) is 0 Å². The van der Waals surface area contributed by atoms with Crippen molar-refractivity contribution in [2.75, 3.05) is 19.0 Å². The van der Waals surface area contributed by atoms with Gasteiger partial charge in [0.2, 0.25) is 0 Å². The van der Waals surface area contributed by atoms with E-state index in [0.717, 1.165) is 40.4 Å². The average Bonchev–Trinajstić information content (AvgIpc) is 3.25. The van der Waals surface area contributed by atoms with E-state index in [1.165, 1.54) is 42.4 Å². The number of rotatable bonds is 7. The van der Waals surface area contributed by atoms with Crippen LogP contribution in [0.25, 0.3) is 11.1 Å². The van der Waals surface area contributed by atoms with E-state index in [9.17, 15) is 9.59 Å². The van der Waals surface area contributed by atoms with Crippen molar-refractivity contribution in [3.63, 3.8) is 0 Å². The zero-order chi connectivity index (χ0) is 23.4. The van der Waals surface area contributed by atoms with Crippen molar-refractivity contribution < 1.29 is 19.1 Å². The second-order valence-corrected chi connectivity index (χ2v) is 9.77. The first-order valence-corrected chi connectivity index (χ1v) is 12.7. The molecule has 1 aromatic heterocycles. The molecule has 0 aliphatic heterocycles. The number of hydrogen-bond donors (Lipinski definition) is 1. The Morgan fingerprint density at radius 2 is 1.88 bits per heavy atom. The van der Waals surface area contributed by atoms with Gasteiger partial charge in [0, 0.05) is 15.4 Å². The quantitative estimate of drug-likeness (QED) is 0.360. The molecule has 2 aromatic carbocycles. The van der Waals surface area contributed by atoms with Crippen molar-refractivity contribution in [1.82, 2.24) is 0 Å². The highest BCUT2D eigenvalue weighted by Crippen LogP contribution is 2.37. The first-order valence-electron chi connectivity index (χ1n) is 11.0. The van der Waals surface area contributed by atoms with E-state index >= 15 is 0 Å². The standard InChI is InChI=1S/C26H26BrNO4S/c1-3-16-13-20(27)10-11-22(16)32-14-23(29)28-25-24(26(30)31-2)21(15-33-25)19-9-8-17-6-4-5-7-18(17)12-19/h8-13,15H,3-7,14H2,1-2H3,(H,28,29). The maximum atomic E-state index is 12.7. The smallest absolute Gasteiger partial charge is 0.341 e. The number of anilines is 1. The molecule has 1 amide bonds. The van der Waals surface area contributed by atoms with E-state index in [1.807, 2.05) is 36.6 Å². The van der Waals surface area contributed by atoms with Gasteiger partial charge >= 0.3 is 5.97 Å². The van der Waals surface area contributed by atoms with Crippen LogP contribution in [0.1, 0.15) is 46.8 Å². The number of hydrogen-bond acceptors (Lipinski definition) is 5. The predicted octanol–water partition coefficient (Wildman–Crippen LogP) is 6.42. The number of amides is 1. The van der Waals surface area contributed by atoms with Gasteiger partial charge in [0.1, 0.15) is 16.3 Å². The summed E-state index contributed by atoms with van der Waals surface area (Å²) in [6.07, 6.45) is 5.35. The fourth-order valence-corrected chi connectivity index (χ4v) is 5.52. The summed E-state index contributed by atoms with van der Waals surface area (Å²) in [5.41, 5.74) is 5.85. The molecule has 0 radical (unpaired) electrons. The van der Waals surface area contributed by atoms with Crippen LogP contribution in [-0.4, -0.2) is 25.6 Å². The Morgan fingerprint density at radius 3 is 2.64 bits per heavy atom. The van der Waals surface area contributed by atoms with Gasteiger partial charge < -0.3 is 14.8 Å². The van der Waals surface area contributed by atoms with E-state index < -0.39 is 5.97 Å². The van der Waals surface area contributed by atoms with E-state index in [4.69, 9.17) is 9.47 Å². The van der Waals surface area contributed by atoms with Crippen LogP contribution in [0.2, 0.25) is 0 Å². The first kappa shape index (κ1) is 23.5. The van der Waals surface area contributed by atoms with Gasteiger partial charge in [-0.2, -0.15) is 0 Å². The third-order valence-electron chi connectivity index (χ3n) is 5.86. The lowest BCUT2D eigenvalue weighted by Gasteiger charge is -2.17. The molecule has 172 valence electrons. The molecule has 1 heterocycles. The largest absolute Gasteiger partial charge is 0.483 e. The zero-order valence-electron chi connectivity index (χ0n) is 18.7. The molecule has 0 bridgehead atoms. The van der Waals surface area contributed by atoms with E-state index in [-0.39, 0.29) is 12.5 Å². The molecule has 1 N–H and O–H groups in total. The fourth-order valence-electron chi connectivity index (χ4n) is 4.14. The van der Waals surface area contributed by atoms with Gasteiger partial charge in [0.05, 0.1) is 7.11 Å². The zero-order valence-corrected chi connectivity index (χ0v) is 21.1. The number of benzene rings is 2. The van der Waals surface area contributed by atoms with Crippen LogP contribution in [0.5, 0.6) is 5.75 Å². The third kappa shape index (κ3) is 5.31. The van der Waals surface area contributed by atoms with Gasteiger partial charge in [0.15, 0.2) is 6.61 Å². The summed E-state index contributed by atoms with van der Waals surface area (Å²) in [6, 6.07) is 12.1. The summed E-state index contributed by atoms with van der Waals surface area (Å²) in [6.45, 7) is 1.88. The number of carbonyl (C=O) groups excluding carboxylic acids is 2. The van der Waals surface area contributed by atoms with Crippen LogP contribution in [-0.2, 0) is 28.8 Å². The van der Waals surface area contributed by atoms with Gasteiger partial charge in [-0.1, -0.05) is 41.1 Å². The average molecular weight is 528 g/mol. The van der Waals surface area contributed by atoms with Crippen LogP contribution in [0.4, 0.5) is 5.00 Å². The highest BCUT2D eigenvalue weighted by molar-refractivity contribution is 9.10. The molecule has 4 rings (SSSR count). The van der Waals surface area contributed by atoms with Gasteiger partial charge in [-0.25, -0.2) is 4.79 Å². The van der Waals surface area contributed by atoms with Gasteiger partial charge in [-0.05, 0) is 72.6 Å². The number of methoxy groups -OCH3 is 1. The van der Waals surface area contributed by atoms with Crippen LogP contribution in [0, 0.1) is 0 Å². The van der Waals surface area contributed by atoms with Crippen molar-refractivity contribution in [3.8, 4) is 16.9 Å². The molecule has 0 atom stereocenters. The summed E-state index contributed by atoms with van der Waals surface area (Å²) in [4.78, 5) is 25.3. The van der Waals surface area contributed by atoms with E-state index in [2.05, 4.69) is 33.4 Å². The lowest BCUT2D eigenvalue weighted by Crippen LogP contribution is -2.21. The number of ether oxygens (including phenoxy) is 2. The molecule has 0 unspecified atom stereocenters. The summed E-state index contributed by atoms with van der Waals surface area (Å²) >= 11 is 4.77. The monoisotopic (exact) mass is 527 g/mol. The summed E-state index contributed by atoms with van der Waals surface area (Å²) in [5.74, 6) is -0.129. The van der Waals surface area contributed by atoms with Crippen LogP contribution in [0.3, 0.4) is 0 Å².